The molecule has 4 aromatic rings. The maximum absolute atomic E-state index is 4.63. The van der Waals surface area contributed by atoms with E-state index in [4.69, 9.17) is 0 Å². The van der Waals surface area contributed by atoms with E-state index in [-0.39, 0.29) is 0 Å². The van der Waals surface area contributed by atoms with Crippen molar-refractivity contribution >= 4 is 33.1 Å². The van der Waals surface area contributed by atoms with Crippen LogP contribution in [0.3, 0.4) is 0 Å². The van der Waals surface area contributed by atoms with Gasteiger partial charge in [-0.2, -0.15) is 0 Å². The Hall–Kier alpha value is -2.49. The van der Waals surface area contributed by atoms with Crippen LogP contribution in [0.25, 0.3) is 33.1 Å². The fourth-order valence-corrected chi connectivity index (χ4v) is 2.09. The van der Waals surface area contributed by atoms with Gasteiger partial charge in [0.05, 0.1) is 16.6 Å². The van der Waals surface area contributed by atoms with E-state index in [0.29, 0.717) is 0 Å². The predicted molar refractivity (Wildman–Crippen MR) is 66.7 cm³/mol. The van der Waals surface area contributed by atoms with E-state index in [1.165, 1.54) is 0 Å². The molecule has 3 aromatic heterocycles. The van der Waals surface area contributed by atoms with Gasteiger partial charge in [-0.1, -0.05) is 12.1 Å². The van der Waals surface area contributed by atoms with Crippen LogP contribution in [-0.4, -0.2) is 19.9 Å². The normalized spacial score (nSPS) is 11.5. The van der Waals surface area contributed by atoms with Crippen molar-refractivity contribution in [3.05, 3.63) is 42.7 Å². The fraction of sp³-hybridized carbons (Fsp3) is 0. The third kappa shape index (κ3) is 1.15. The van der Waals surface area contributed by atoms with Crippen LogP contribution in [0.5, 0.6) is 0 Å². The molecule has 0 saturated heterocycles. The van der Waals surface area contributed by atoms with E-state index in [0.717, 1.165) is 33.1 Å². The lowest BCUT2D eigenvalue weighted by Gasteiger charge is -1.95. The molecule has 1 N–H and O–H groups in total. The van der Waals surface area contributed by atoms with Crippen molar-refractivity contribution < 1.29 is 0 Å². The number of H-pyrrole nitrogens is 1. The molecule has 4 nitrogen and oxygen atoms in total. The molecule has 0 bridgehead atoms. The minimum atomic E-state index is 0.812. The number of benzene rings is 1. The van der Waals surface area contributed by atoms with Crippen molar-refractivity contribution in [1.82, 2.24) is 19.9 Å². The number of pyridine rings is 1. The minimum absolute atomic E-state index is 0.812. The third-order valence-electron chi connectivity index (χ3n) is 2.90. The highest BCUT2D eigenvalue weighted by molar-refractivity contribution is 6.05. The van der Waals surface area contributed by atoms with E-state index >= 15 is 0 Å². The zero-order valence-corrected chi connectivity index (χ0v) is 8.88. The van der Waals surface area contributed by atoms with Crippen LogP contribution in [0, 0.1) is 0 Å². The van der Waals surface area contributed by atoms with Crippen molar-refractivity contribution in [3.8, 4) is 0 Å². The number of aromatic nitrogens is 4. The molecule has 1 aromatic carbocycles. The fourth-order valence-electron chi connectivity index (χ4n) is 2.09. The number of fused-ring (bicyclic) bond motifs is 4. The Balaban J connectivity index is 2.28. The van der Waals surface area contributed by atoms with Gasteiger partial charge in [-0.15, -0.1) is 0 Å². The Morgan fingerprint density at radius 3 is 2.65 bits per heavy atom. The standard InChI is InChI=1S/C13H8N4/c1-2-4-11-10(3-1)15-12-8-7-14-6-5-9(8)16-13(12)17-11/h1-7H,(H,16,17). The molecule has 0 spiro atoms. The van der Waals surface area contributed by atoms with E-state index in [1.54, 1.807) is 6.20 Å². The summed E-state index contributed by atoms with van der Waals surface area (Å²) in [5.74, 6) is 0. The van der Waals surface area contributed by atoms with Gasteiger partial charge < -0.3 is 4.98 Å². The summed E-state index contributed by atoms with van der Waals surface area (Å²) >= 11 is 0. The largest absolute Gasteiger partial charge is 0.338 e. The zero-order chi connectivity index (χ0) is 11.2. The molecular formula is C13H8N4. The summed E-state index contributed by atoms with van der Waals surface area (Å²) in [6, 6.07) is 9.80. The minimum Gasteiger partial charge on any atom is -0.338 e. The molecule has 4 rings (SSSR count). The van der Waals surface area contributed by atoms with Gasteiger partial charge in [0, 0.05) is 17.8 Å². The van der Waals surface area contributed by atoms with Gasteiger partial charge in [-0.3, -0.25) is 4.98 Å². The van der Waals surface area contributed by atoms with Gasteiger partial charge in [-0.25, -0.2) is 9.97 Å². The third-order valence-corrected chi connectivity index (χ3v) is 2.90. The second-order valence-corrected chi connectivity index (χ2v) is 3.96. The average molecular weight is 220 g/mol. The monoisotopic (exact) mass is 220 g/mol. The van der Waals surface area contributed by atoms with E-state index in [9.17, 15) is 0 Å². The van der Waals surface area contributed by atoms with Crippen molar-refractivity contribution in [2.24, 2.45) is 0 Å². The first-order chi connectivity index (χ1) is 8.42. The Morgan fingerprint density at radius 2 is 1.76 bits per heavy atom. The van der Waals surface area contributed by atoms with E-state index in [2.05, 4.69) is 19.9 Å². The number of aromatic amines is 1. The van der Waals surface area contributed by atoms with E-state index in [1.807, 2.05) is 36.5 Å². The summed E-state index contributed by atoms with van der Waals surface area (Å²) < 4.78 is 0. The summed E-state index contributed by atoms with van der Waals surface area (Å²) in [7, 11) is 0. The van der Waals surface area contributed by atoms with Gasteiger partial charge >= 0.3 is 0 Å². The van der Waals surface area contributed by atoms with Crippen molar-refractivity contribution in [1.29, 1.82) is 0 Å². The number of nitrogens with zero attached hydrogens (tertiary/aromatic N) is 3. The second-order valence-electron chi connectivity index (χ2n) is 3.96. The Labute approximate surface area is 96.3 Å². The zero-order valence-electron chi connectivity index (χ0n) is 8.88. The molecule has 0 fully saturated rings. The molecule has 0 aliphatic carbocycles. The Kier molecular flexibility index (Phi) is 1.53. The SMILES string of the molecule is c1ccc2nc3c(nc2c1)[nH]c1ccncc13. The van der Waals surface area contributed by atoms with Gasteiger partial charge in [0.2, 0.25) is 0 Å². The van der Waals surface area contributed by atoms with Gasteiger partial charge in [0.1, 0.15) is 5.52 Å². The van der Waals surface area contributed by atoms with Crippen LogP contribution < -0.4 is 0 Å². The van der Waals surface area contributed by atoms with Gasteiger partial charge in [0.15, 0.2) is 5.65 Å². The first-order valence-electron chi connectivity index (χ1n) is 5.40. The Bertz CT molecular complexity index is 842. The maximum atomic E-state index is 4.63. The summed E-state index contributed by atoms with van der Waals surface area (Å²) in [6.45, 7) is 0. The number of para-hydroxylation sites is 2. The molecule has 4 heteroatoms. The molecule has 80 valence electrons. The first-order valence-corrected chi connectivity index (χ1v) is 5.40. The molecule has 0 atom stereocenters. The van der Waals surface area contributed by atoms with E-state index < -0.39 is 0 Å². The van der Waals surface area contributed by atoms with Gasteiger partial charge in [0.25, 0.3) is 0 Å². The van der Waals surface area contributed by atoms with Crippen LogP contribution in [0.2, 0.25) is 0 Å². The van der Waals surface area contributed by atoms with Crippen molar-refractivity contribution in [3.63, 3.8) is 0 Å². The van der Waals surface area contributed by atoms with Crippen LogP contribution in [0.1, 0.15) is 0 Å². The molecule has 0 radical (unpaired) electrons. The molecule has 0 saturated carbocycles. The maximum Gasteiger partial charge on any atom is 0.157 e. The lowest BCUT2D eigenvalue weighted by Crippen LogP contribution is -1.84. The van der Waals surface area contributed by atoms with Crippen LogP contribution in [-0.2, 0) is 0 Å². The number of hydrogen-bond acceptors (Lipinski definition) is 3. The summed E-state index contributed by atoms with van der Waals surface area (Å²) in [5.41, 5.74) is 4.52. The highest BCUT2D eigenvalue weighted by atomic mass is 14.9. The summed E-state index contributed by atoms with van der Waals surface area (Å²) in [4.78, 5) is 16.6. The molecule has 0 aliphatic heterocycles. The quantitative estimate of drug-likeness (QED) is 0.495. The molecule has 17 heavy (non-hydrogen) atoms. The summed E-state index contributed by atoms with van der Waals surface area (Å²) in [5, 5.41) is 1.01. The molecule has 3 heterocycles. The lowest BCUT2D eigenvalue weighted by molar-refractivity contribution is 1.35. The smallest absolute Gasteiger partial charge is 0.157 e. The molecule has 0 unspecified atom stereocenters. The van der Waals surface area contributed by atoms with Crippen LogP contribution >= 0.6 is 0 Å². The highest BCUT2D eigenvalue weighted by Gasteiger charge is 2.07. The number of rotatable bonds is 0. The van der Waals surface area contributed by atoms with Crippen LogP contribution in [0.15, 0.2) is 42.7 Å². The van der Waals surface area contributed by atoms with Crippen LogP contribution in [0.4, 0.5) is 0 Å². The topological polar surface area (TPSA) is 54.5 Å². The average Bonchev–Trinajstić information content (AvgIpc) is 2.73. The second kappa shape index (κ2) is 3.01. The predicted octanol–water partition coefficient (Wildman–Crippen LogP) is 2.66. The molecule has 0 amide bonds. The first kappa shape index (κ1) is 8.64. The Morgan fingerprint density at radius 1 is 0.941 bits per heavy atom. The van der Waals surface area contributed by atoms with Crippen molar-refractivity contribution in [2.75, 3.05) is 0 Å². The molecule has 0 aliphatic rings. The summed E-state index contributed by atoms with van der Waals surface area (Å²) in [6.07, 6.45) is 3.58. The number of nitrogens with one attached hydrogen (secondary N) is 1. The molecular weight excluding hydrogens is 212 g/mol. The number of hydrogen-bond donors (Lipinski definition) is 1. The van der Waals surface area contributed by atoms with Gasteiger partial charge in [-0.05, 0) is 18.2 Å². The highest BCUT2D eigenvalue weighted by Crippen LogP contribution is 2.23. The van der Waals surface area contributed by atoms with Crippen molar-refractivity contribution in [2.45, 2.75) is 0 Å². The lowest BCUT2D eigenvalue weighted by atomic mass is 10.3.